The summed E-state index contributed by atoms with van der Waals surface area (Å²) in [4.78, 5) is 17.1. The second kappa shape index (κ2) is 15.0. The highest BCUT2D eigenvalue weighted by molar-refractivity contribution is 7.89. The molecule has 0 spiro atoms. The van der Waals surface area contributed by atoms with E-state index in [-0.39, 0.29) is 41.5 Å². The maximum absolute atomic E-state index is 13.8. The standard InChI is InChI=1S/C33H44N4O14S2/c1-18(2)31(40,41)37(53(46,47)23-11-7-21(34)8-12-23)16-26(38)25(36-29(39)51-30(4)24-13-14-48-28(24)50-33(30,44)45)15-20-5-9-22(10-6-20)49-32(42,43)27-17-52-19(3)35-27/h5-12,17-18,24-26,28,38,40-45H,13-16,34H2,1-4H3,(H,36,39). The van der Waals surface area contributed by atoms with Crippen LogP contribution in [0.15, 0.2) is 58.8 Å². The Balaban J connectivity index is 1.43. The first kappa shape index (κ1) is 40.7. The minimum Gasteiger partial charge on any atom is -0.435 e. The summed E-state index contributed by atoms with van der Waals surface area (Å²) in [7, 11) is -4.74. The third kappa shape index (κ3) is 8.43. The zero-order valence-corrected chi connectivity index (χ0v) is 30.8. The van der Waals surface area contributed by atoms with Crippen molar-refractivity contribution in [1.29, 1.82) is 0 Å². The van der Waals surface area contributed by atoms with Gasteiger partial charge in [0.2, 0.25) is 15.9 Å². The van der Waals surface area contributed by atoms with Gasteiger partial charge < -0.3 is 61.0 Å². The highest BCUT2D eigenvalue weighted by Gasteiger charge is 2.67. The molecule has 2 aliphatic rings. The fourth-order valence-electron chi connectivity index (χ4n) is 5.97. The van der Waals surface area contributed by atoms with Gasteiger partial charge >= 0.3 is 18.0 Å². The smallest absolute Gasteiger partial charge is 0.408 e. The van der Waals surface area contributed by atoms with Crippen LogP contribution in [0, 0.1) is 18.8 Å². The number of aliphatic hydroxyl groups is 7. The van der Waals surface area contributed by atoms with Gasteiger partial charge in [0.1, 0.15) is 5.75 Å². The molecule has 18 nitrogen and oxygen atoms in total. The van der Waals surface area contributed by atoms with Gasteiger partial charge in [-0.05, 0) is 68.7 Å². The molecule has 10 N–H and O–H groups in total. The number of thiazole rings is 1. The van der Waals surface area contributed by atoms with Crippen molar-refractivity contribution < 1.29 is 67.9 Å². The lowest BCUT2D eigenvalue weighted by molar-refractivity contribution is -0.393. The summed E-state index contributed by atoms with van der Waals surface area (Å²) in [6.45, 7) is 4.83. The number of nitrogens with two attached hydrogens (primary N) is 1. The van der Waals surface area contributed by atoms with Crippen molar-refractivity contribution in [2.45, 2.75) is 87.3 Å². The minimum absolute atomic E-state index is 0.00152. The summed E-state index contributed by atoms with van der Waals surface area (Å²) in [5, 5.41) is 80.4. The molecule has 53 heavy (non-hydrogen) atoms. The normalized spacial score (nSPS) is 22.8. The summed E-state index contributed by atoms with van der Waals surface area (Å²) in [6, 6.07) is 9.11. The van der Waals surface area contributed by atoms with Crippen molar-refractivity contribution in [1.82, 2.24) is 14.6 Å². The van der Waals surface area contributed by atoms with E-state index in [1.165, 1.54) is 73.9 Å². The number of fused-ring (bicyclic) bond motifs is 1. The van der Waals surface area contributed by atoms with Crippen molar-refractivity contribution in [3.8, 4) is 5.75 Å². The number of nitrogen functional groups attached to an aromatic ring is 1. The van der Waals surface area contributed by atoms with Crippen LogP contribution in [0.25, 0.3) is 0 Å². The van der Waals surface area contributed by atoms with Gasteiger partial charge in [-0.25, -0.2) is 18.2 Å². The molecule has 5 unspecified atom stereocenters. The Morgan fingerprint density at radius 3 is 2.36 bits per heavy atom. The third-order valence-electron chi connectivity index (χ3n) is 9.30. The Kier molecular flexibility index (Phi) is 11.5. The molecule has 1 aromatic heterocycles. The molecule has 0 radical (unpaired) electrons. The van der Waals surface area contributed by atoms with Crippen LogP contribution in [0.3, 0.4) is 0 Å². The summed E-state index contributed by atoms with van der Waals surface area (Å²) < 4.78 is 49.4. The van der Waals surface area contributed by atoms with Crippen LogP contribution < -0.4 is 15.8 Å². The Labute approximate surface area is 309 Å². The maximum Gasteiger partial charge on any atom is 0.408 e. The summed E-state index contributed by atoms with van der Waals surface area (Å²) >= 11 is 1.18. The Hall–Kier alpha value is -3.51. The van der Waals surface area contributed by atoms with Crippen molar-refractivity contribution in [2.75, 3.05) is 18.9 Å². The first-order chi connectivity index (χ1) is 24.6. The molecule has 0 aliphatic carbocycles. The number of aryl methyl sites for hydroxylation is 1. The van der Waals surface area contributed by atoms with E-state index in [2.05, 4.69) is 10.3 Å². The van der Waals surface area contributed by atoms with E-state index < -0.39 is 76.4 Å². The molecule has 2 aliphatic heterocycles. The number of amides is 1. The molecule has 5 rings (SSSR count). The summed E-state index contributed by atoms with van der Waals surface area (Å²) in [6.07, 6.45) is -4.21. The molecule has 2 fully saturated rings. The topological polar surface area (TPSA) is 284 Å². The van der Waals surface area contributed by atoms with E-state index in [0.717, 1.165) is 12.1 Å². The molecule has 20 heteroatoms. The molecule has 0 bridgehead atoms. The fraction of sp³-hybridized carbons (Fsp3) is 0.515. The number of nitrogens with zero attached hydrogens (tertiary/aromatic N) is 2. The van der Waals surface area contributed by atoms with Crippen LogP contribution in [0.2, 0.25) is 0 Å². The molecule has 2 aromatic carbocycles. The largest absolute Gasteiger partial charge is 0.435 e. The molecule has 3 heterocycles. The second-order valence-corrected chi connectivity index (χ2v) is 16.4. The maximum atomic E-state index is 13.8. The molecular weight excluding hydrogens is 741 g/mol. The molecule has 1 amide bonds. The number of hydrogen-bond acceptors (Lipinski definition) is 17. The number of rotatable bonds is 14. The second-order valence-electron chi connectivity index (χ2n) is 13.4. The highest BCUT2D eigenvalue weighted by atomic mass is 32.2. The first-order valence-corrected chi connectivity index (χ1v) is 18.8. The molecule has 292 valence electrons. The van der Waals surface area contributed by atoms with Gasteiger partial charge in [-0.15, -0.1) is 15.6 Å². The van der Waals surface area contributed by atoms with E-state index in [1.54, 1.807) is 6.92 Å². The van der Waals surface area contributed by atoms with E-state index in [9.17, 15) is 49.0 Å². The van der Waals surface area contributed by atoms with Crippen LogP contribution in [0.4, 0.5) is 10.5 Å². The van der Waals surface area contributed by atoms with Gasteiger partial charge in [0, 0.05) is 23.5 Å². The number of ether oxygens (including phenoxy) is 4. The van der Waals surface area contributed by atoms with E-state index >= 15 is 0 Å². The van der Waals surface area contributed by atoms with E-state index in [4.69, 9.17) is 24.7 Å². The van der Waals surface area contributed by atoms with Gasteiger partial charge in [-0.3, -0.25) is 4.74 Å². The van der Waals surface area contributed by atoms with Crippen molar-refractivity contribution in [3.05, 3.63) is 70.2 Å². The number of alkyl carbamates (subject to hydrolysis) is 1. The number of aromatic nitrogens is 1. The zero-order valence-electron chi connectivity index (χ0n) is 29.2. The number of carbonyl (C=O) groups is 1. The Morgan fingerprint density at radius 2 is 1.77 bits per heavy atom. The van der Waals surface area contributed by atoms with Gasteiger partial charge in [0.25, 0.3) is 0 Å². The Bertz CT molecular complexity index is 1850. The molecule has 2 saturated heterocycles. The predicted molar refractivity (Wildman–Crippen MR) is 184 cm³/mol. The van der Waals surface area contributed by atoms with Crippen LogP contribution in [0.1, 0.15) is 43.5 Å². The number of benzene rings is 2. The number of anilines is 1. The van der Waals surface area contributed by atoms with Gasteiger partial charge in [-0.1, -0.05) is 26.0 Å². The number of hydrogen-bond donors (Lipinski definition) is 9. The summed E-state index contributed by atoms with van der Waals surface area (Å²) in [5.74, 6) is -10.7. The number of carbonyl (C=O) groups excluding carboxylic acids is 1. The molecular formula is C33H44N4O14S2. The fourth-order valence-corrected chi connectivity index (χ4v) is 8.26. The first-order valence-electron chi connectivity index (χ1n) is 16.5. The lowest BCUT2D eigenvalue weighted by atomic mass is 9.87. The quantitative estimate of drug-likeness (QED) is 0.0767. The molecule has 5 atom stereocenters. The zero-order chi connectivity index (χ0) is 39.1. The lowest BCUT2D eigenvalue weighted by Crippen LogP contribution is -2.61. The minimum atomic E-state index is -4.74. The predicted octanol–water partition coefficient (Wildman–Crippen LogP) is -0.0190. The van der Waals surface area contributed by atoms with E-state index in [0.29, 0.717) is 14.9 Å². The number of aliphatic hydroxyl groups excluding tert-OH is 1. The van der Waals surface area contributed by atoms with Gasteiger partial charge in [-0.2, -0.15) is 0 Å². The van der Waals surface area contributed by atoms with Crippen LogP contribution >= 0.6 is 11.3 Å². The Morgan fingerprint density at radius 1 is 1.13 bits per heavy atom. The van der Waals surface area contributed by atoms with E-state index in [1.807, 2.05) is 0 Å². The summed E-state index contributed by atoms with van der Waals surface area (Å²) in [5.41, 5.74) is 4.17. The third-order valence-corrected chi connectivity index (χ3v) is 11.9. The van der Waals surface area contributed by atoms with Crippen molar-refractivity contribution in [3.63, 3.8) is 0 Å². The average Bonchev–Trinajstić information content (AvgIpc) is 3.76. The SMILES string of the molecule is Cc1nc(C(O)(O)Oc2ccc(CC(NC(=O)OC3(C)C4CCOC4OC3(O)O)C(O)CN(C(O)(O)C(C)C)S(=O)(=O)c3ccc(N)cc3)cc2)cs1. The van der Waals surface area contributed by atoms with Crippen LogP contribution in [-0.4, -0.2) is 109 Å². The van der Waals surface area contributed by atoms with Crippen LogP contribution in [-0.2, 0) is 36.6 Å². The number of sulfonamides is 1. The van der Waals surface area contributed by atoms with Crippen LogP contribution in [0.5, 0.6) is 5.75 Å². The molecule has 0 saturated carbocycles. The van der Waals surface area contributed by atoms with Crippen molar-refractivity contribution in [2.24, 2.45) is 11.8 Å². The van der Waals surface area contributed by atoms with Crippen molar-refractivity contribution >= 4 is 33.1 Å². The van der Waals surface area contributed by atoms with Gasteiger partial charge in [0.05, 0.1) is 34.6 Å². The van der Waals surface area contributed by atoms with Gasteiger partial charge in [0.15, 0.2) is 17.6 Å². The highest BCUT2D eigenvalue weighted by Crippen LogP contribution is 2.48. The average molecular weight is 785 g/mol. The monoisotopic (exact) mass is 784 g/mol. The molecule has 3 aromatic rings. The number of nitrogens with one attached hydrogen (secondary N) is 1. The lowest BCUT2D eigenvalue weighted by Gasteiger charge is -2.39.